The molecule has 6 heteroatoms. The van der Waals surface area contributed by atoms with E-state index in [0.717, 1.165) is 24.2 Å². The summed E-state index contributed by atoms with van der Waals surface area (Å²) in [5.41, 5.74) is 3.49. The van der Waals surface area contributed by atoms with Gasteiger partial charge in [0.05, 0.1) is 11.6 Å². The first kappa shape index (κ1) is 15.5. The Morgan fingerprint density at radius 1 is 1.19 bits per heavy atom. The molecule has 0 aliphatic carbocycles. The molecule has 1 heterocycles. The van der Waals surface area contributed by atoms with Crippen molar-refractivity contribution in [3.8, 4) is 0 Å². The van der Waals surface area contributed by atoms with Gasteiger partial charge in [-0.3, -0.25) is 10.8 Å². The zero-order chi connectivity index (χ0) is 15.5. The van der Waals surface area contributed by atoms with Gasteiger partial charge in [0, 0.05) is 18.0 Å². The van der Waals surface area contributed by atoms with Crippen molar-refractivity contribution in [2.24, 2.45) is 5.84 Å². The molecule has 0 spiro atoms. The van der Waals surface area contributed by atoms with Crippen LogP contribution < -0.4 is 11.3 Å². The molecule has 1 aromatic carbocycles. The summed E-state index contributed by atoms with van der Waals surface area (Å²) in [6.07, 6.45) is -1.26. The lowest BCUT2D eigenvalue weighted by atomic mass is 9.95. The van der Waals surface area contributed by atoms with Gasteiger partial charge in [-0.2, -0.15) is 13.2 Å². The maximum Gasteiger partial charge on any atom is 0.416 e. The lowest BCUT2D eigenvalue weighted by Crippen LogP contribution is -2.30. The van der Waals surface area contributed by atoms with Crippen molar-refractivity contribution in [2.45, 2.75) is 25.6 Å². The third-order valence-corrected chi connectivity index (χ3v) is 3.36. The molecule has 2 aromatic rings. The summed E-state index contributed by atoms with van der Waals surface area (Å²) in [5, 5.41) is 0. The molecule has 3 N–H and O–H groups in total. The van der Waals surface area contributed by atoms with Crippen LogP contribution in [0.15, 0.2) is 42.7 Å². The summed E-state index contributed by atoms with van der Waals surface area (Å²) in [7, 11) is 0. The second-order valence-electron chi connectivity index (χ2n) is 4.66. The minimum absolute atomic E-state index is 0.0109. The number of nitrogens with one attached hydrogen (secondary N) is 1. The van der Waals surface area contributed by atoms with Crippen LogP contribution in [0.2, 0.25) is 0 Å². The first-order chi connectivity index (χ1) is 9.97. The molecule has 1 atom stereocenters. The number of hydrogen-bond donors (Lipinski definition) is 2. The predicted molar refractivity (Wildman–Crippen MR) is 74.2 cm³/mol. The van der Waals surface area contributed by atoms with E-state index in [4.69, 9.17) is 5.84 Å². The molecule has 0 fully saturated rings. The van der Waals surface area contributed by atoms with Crippen LogP contribution in [0.3, 0.4) is 0 Å². The van der Waals surface area contributed by atoms with Crippen LogP contribution in [-0.4, -0.2) is 4.98 Å². The Kier molecular flexibility index (Phi) is 4.59. The number of hydrogen-bond acceptors (Lipinski definition) is 3. The van der Waals surface area contributed by atoms with E-state index in [1.165, 1.54) is 6.20 Å². The number of aryl methyl sites for hydroxylation is 1. The minimum atomic E-state index is -4.45. The van der Waals surface area contributed by atoms with Crippen molar-refractivity contribution < 1.29 is 13.2 Å². The van der Waals surface area contributed by atoms with Crippen molar-refractivity contribution in [3.63, 3.8) is 0 Å². The summed E-state index contributed by atoms with van der Waals surface area (Å²) in [6, 6.07) is 7.50. The van der Waals surface area contributed by atoms with E-state index >= 15 is 0 Å². The number of aromatic nitrogens is 1. The molecule has 2 rings (SSSR count). The number of pyridine rings is 1. The van der Waals surface area contributed by atoms with Gasteiger partial charge in [0.25, 0.3) is 0 Å². The van der Waals surface area contributed by atoms with Gasteiger partial charge in [-0.15, -0.1) is 0 Å². The molecule has 0 bridgehead atoms. The zero-order valence-electron chi connectivity index (χ0n) is 11.5. The van der Waals surface area contributed by atoms with E-state index in [2.05, 4.69) is 10.4 Å². The third kappa shape index (κ3) is 3.40. The van der Waals surface area contributed by atoms with Gasteiger partial charge in [0.15, 0.2) is 0 Å². The normalized spacial score (nSPS) is 13.2. The Bertz CT molecular complexity index is 594. The van der Waals surface area contributed by atoms with Gasteiger partial charge in [0.2, 0.25) is 0 Å². The fourth-order valence-corrected chi connectivity index (χ4v) is 2.21. The fraction of sp³-hybridized carbons (Fsp3) is 0.267. The molecule has 112 valence electrons. The monoisotopic (exact) mass is 295 g/mol. The van der Waals surface area contributed by atoms with Gasteiger partial charge in [0.1, 0.15) is 0 Å². The number of benzene rings is 1. The topological polar surface area (TPSA) is 50.9 Å². The van der Waals surface area contributed by atoms with Crippen molar-refractivity contribution in [1.29, 1.82) is 0 Å². The van der Waals surface area contributed by atoms with E-state index in [9.17, 15) is 13.2 Å². The van der Waals surface area contributed by atoms with E-state index < -0.39 is 17.8 Å². The zero-order valence-corrected chi connectivity index (χ0v) is 11.5. The maximum absolute atomic E-state index is 13.1. The molecule has 0 saturated carbocycles. The van der Waals surface area contributed by atoms with E-state index in [0.29, 0.717) is 5.56 Å². The van der Waals surface area contributed by atoms with Crippen LogP contribution in [-0.2, 0) is 12.6 Å². The summed E-state index contributed by atoms with van der Waals surface area (Å²) >= 11 is 0. The number of nitrogens with two attached hydrogens (primary N) is 1. The number of hydrazine groups is 1. The van der Waals surface area contributed by atoms with Crippen LogP contribution in [0.1, 0.15) is 35.2 Å². The summed E-state index contributed by atoms with van der Waals surface area (Å²) in [6.45, 7) is 2.01. The van der Waals surface area contributed by atoms with E-state index in [1.807, 2.05) is 19.1 Å². The van der Waals surface area contributed by atoms with E-state index in [-0.39, 0.29) is 5.56 Å². The number of nitrogens with zero attached hydrogens (tertiary/aromatic N) is 1. The highest BCUT2D eigenvalue weighted by molar-refractivity contribution is 5.37. The predicted octanol–water partition coefficient (Wildman–Crippen LogP) is 3.22. The Labute approximate surface area is 121 Å². The second-order valence-corrected chi connectivity index (χ2v) is 4.66. The van der Waals surface area contributed by atoms with Gasteiger partial charge in [-0.05, 0) is 23.6 Å². The Hall–Kier alpha value is -1.92. The van der Waals surface area contributed by atoms with E-state index in [1.54, 1.807) is 12.1 Å². The highest BCUT2D eigenvalue weighted by Gasteiger charge is 2.35. The molecule has 1 aromatic heterocycles. The molecule has 1 unspecified atom stereocenters. The molecular weight excluding hydrogens is 279 g/mol. The molecule has 0 radical (unpaired) electrons. The van der Waals surface area contributed by atoms with Gasteiger partial charge in [-0.1, -0.05) is 31.2 Å². The van der Waals surface area contributed by atoms with Crippen molar-refractivity contribution in [1.82, 2.24) is 10.4 Å². The lowest BCUT2D eigenvalue weighted by Gasteiger charge is -2.21. The average molecular weight is 295 g/mol. The first-order valence-electron chi connectivity index (χ1n) is 6.53. The molecule has 0 amide bonds. The standard InChI is InChI=1S/C15H16F3N3/c1-2-10-3-5-11(6-4-10)14(21-19)12-9-20-8-7-13(12)15(16,17)18/h3-9,14,21H,2,19H2,1H3. The molecule has 3 nitrogen and oxygen atoms in total. The highest BCUT2D eigenvalue weighted by atomic mass is 19.4. The molecule has 0 aliphatic heterocycles. The van der Waals surface area contributed by atoms with Gasteiger partial charge < -0.3 is 0 Å². The second kappa shape index (κ2) is 6.24. The largest absolute Gasteiger partial charge is 0.416 e. The van der Waals surface area contributed by atoms with Crippen LogP contribution >= 0.6 is 0 Å². The Morgan fingerprint density at radius 2 is 1.86 bits per heavy atom. The van der Waals surface area contributed by atoms with Crippen LogP contribution in [0.4, 0.5) is 13.2 Å². The average Bonchev–Trinajstić information content (AvgIpc) is 2.48. The summed E-state index contributed by atoms with van der Waals surface area (Å²) < 4.78 is 39.2. The van der Waals surface area contributed by atoms with Crippen LogP contribution in [0, 0.1) is 0 Å². The summed E-state index contributed by atoms with van der Waals surface area (Å²) in [5.74, 6) is 5.47. The van der Waals surface area contributed by atoms with Gasteiger partial charge >= 0.3 is 6.18 Å². The SMILES string of the molecule is CCc1ccc(C(NN)c2cnccc2C(F)(F)F)cc1. The Balaban J connectivity index is 2.46. The molecule has 0 aliphatic rings. The fourth-order valence-electron chi connectivity index (χ4n) is 2.21. The van der Waals surface area contributed by atoms with Crippen LogP contribution in [0.5, 0.6) is 0 Å². The third-order valence-electron chi connectivity index (χ3n) is 3.36. The molecule has 0 saturated heterocycles. The maximum atomic E-state index is 13.1. The molecular formula is C15H16F3N3. The number of rotatable bonds is 4. The Morgan fingerprint density at radius 3 is 2.38 bits per heavy atom. The van der Waals surface area contributed by atoms with Crippen LogP contribution in [0.25, 0.3) is 0 Å². The molecule has 21 heavy (non-hydrogen) atoms. The van der Waals surface area contributed by atoms with Crippen molar-refractivity contribution in [2.75, 3.05) is 0 Å². The van der Waals surface area contributed by atoms with Crippen molar-refractivity contribution >= 4 is 0 Å². The first-order valence-corrected chi connectivity index (χ1v) is 6.53. The van der Waals surface area contributed by atoms with Gasteiger partial charge in [-0.25, -0.2) is 5.43 Å². The number of alkyl halides is 3. The lowest BCUT2D eigenvalue weighted by molar-refractivity contribution is -0.138. The quantitative estimate of drug-likeness (QED) is 0.672. The highest BCUT2D eigenvalue weighted by Crippen LogP contribution is 2.35. The minimum Gasteiger partial charge on any atom is -0.271 e. The number of halogens is 3. The summed E-state index contributed by atoms with van der Waals surface area (Å²) in [4.78, 5) is 3.79. The van der Waals surface area contributed by atoms with Crippen molar-refractivity contribution in [3.05, 3.63) is 65.0 Å². The smallest absolute Gasteiger partial charge is 0.271 e.